The zero-order chi connectivity index (χ0) is 22.5. The number of ether oxygens (including phenoxy) is 1. The molecule has 33 heavy (non-hydrogen) atoms. The Balaban J connectivity index is 0.00000306. The van der Waals surface area contributed by atoms with Crippen LogP contribution in [-0.2, 0) is 6.54 Å². The summed E-state index contributed by atoms with van der Waals surface area (Å²) in [6, 6.07) is 14.6. The molecule has 4 rings (SSSR count). The molecule has 1 fully saturated rings. The summed E-state index contributed by atoms with van der Waals surface area (Å²) in [5.74, 6) is 2.52. The lowest BCUT2D eigenvalue weighted by molar-refractivity contribution is 0.415. The monoisotopic (exact) mass is 561 g/mol. The van der Waals surface area contributed by atoms with Crippen molar-refractivity contribution in [2.75, 3.05) is 32.1 Å². The van der Waals surface area contributed by atoms with Crippen LogP contribution < -0.4 is 20.3 Å². The normalized spacial score (nSPS) is 15.8. The van der Waals surface area contributed by atoms with Gasteiger partial charge in [0.2, 0.25) is 0 Å². The molecule has 3 heterocycles. The molecular formula is C24H32IN7O. The quantitative estimate of drug-likeness (QED) is 0.273. The van der Waals surface area contributed by atoms with Gasteiger partial charge in [-0.2, -0.15) is 5.10 Å². The number of aliphatic imine (C=N–C) groups is 1. The lowest BCUT2D eigenvalue weighted by atomic mass is 10.2. The lowest BCUT2D eigenvalue weighted by Gasteiger charge is -2.22. The van der Waals surface area contributed by atoms with E-state index in [2.05, 4.69) is 42.7 Å². The van der Waals surface area contributed by atoms with Gasteiger partial charge in [0, 0.05) is 44.6 Å². The Labute approximate surface area is 212 Å². The van der Waals surface area contributed by atoms with E-state index in [1.54, 1.807) is 14.2 Å². The van der Waals surface area contributed by atoms with Gasteiger partial charge in [-0.25, -0.2) is 9.67 Å². The second kappa shape index (κ2) is 11.4. The number of anilines is 1. The second-order valence-electron chi connectivity index (χ2n) is 8.04. The van der Waals surface area contributed by atoms with E-state index in [0.717, 1.165) is 59.7 Å². The molecule has 9 heteroatoms. The van der Waals surface area contributed by atoms with Crippen LogP contribution in [0.25, 0.3) is 5.82 Å². The molecular weight excluding hydrogens is 529 g/mol. The summed E-state index contributed by atoms with van der Waals surface area (Å²) in [6.45, 7) is 6.55. The number of para-hydroxylation sites is 2. The first kappa shape index (κ1) is 24.8. The molecule has 1 unspecified atom stereocenters. The van der Waals surface area contributed by atoms with Gasteiger partial charge in [0.15, 0.2) is 11.8 Å². The average molecular weight is 561 g/mol. The zero-order valence-electron chi connectivity index (χ0n) is 19.6. The molecule has 1 aromatic carbocycles. The van der Waals surface area contributed by atoms with E-state index in [0.29, 0.717) is 12.6 Å². The molecule has 0 aliphatic carbocycles. The van der Waals surface area contributed by atoms with E-state index in [1.165, 1.54) is 0 Å². The smallest absolute Gasteiger partial charge is 0.191 e. The van der Waals surface area contributed by atoms with E-state index in [1.807, 2.05) is 55.1 Å². The number of halogens is 1. The van der Waals surface area contributed by atoms with Crippen LogP contribution in [0.15, 0.2) is 53.7 Å². The van der Waals surface area contributed by atoms with Crippen molar-refractivity contribution in [2.24, 2.45) is 4.99 Å². The Bertz CT molecular complexity index is 1080. The average Bonchev–Trinajstić information content (AvgIpc) is 3.42. The second-order valence-corrected chi connectivity index (χ2v) is 8.04. The number of hydrogen-bond donors (Lipinski definition) is 2. The zero-order valence-corrected chi connectivity index (χ0v) is 21.9. The summed E-state index contributed by atoms with van der Waals surface area (Å²) < 4.78 is 7.38. The number of methoxy groups -OCH3 is 1. The number of rotatable bonds is 6. The van der Waals surface area contributed by atoms with E-state index in [9.17, 15) is 0 Å². The predicted molar refractivity (Wildman–Crippen MR) is 143 cm³/mol. The highest BCUT2D eigenvalue weighted by atomic mass is 127. The first-order chi connectivity index (χ1) is 15.6. The highest BCUT2D eigenvalue weighted by molar-refractivity contribution is 14.0. The fraction of sp³-hybridized carbons (Fsp3) is 0.375. The highest BCUT2D eigenvalue weighted by Crippen LogP contribution is 2.30. The van der Waals surface area contributed by atoms with Crippen LogP contribution >= 0.6 is 24.0 Å². The molecule has 2 aromatic heterocycles. The molecule has 176 valence electrons. The Morgan fingerprint density at radius 3 is 2.70 bits per heavy atom. The van der Waals surface area contributed by atoms with Crippen LogP contribution in [-0.4, -0.2) is 54.0 Å². The topological polar surface area (TPSA) is 79.6 Å². The Morgan fingerprint density at radius 1 is 1.21 bits per heavy atom. The number of benzene rings is 1. The van der Waals surface area contributed by atoms with E-state index in [4.69, 9.17) is 4.74 Å². The van der Waals surface area contributed by atoms with Crippen LogP contribution in [0.2, 0.25) is 0 Å². The maximum Gasteiger partial charge on any atom is 0.191 e. The summed E-state index contributed by atoms with van der Waals surface area (Å²) in [5, 5.41) is 11.4. The lowest BCUT2D eigenvalue weighted by Crippen LogP contribution is -2.44. The third-order valence-corrected chi connectivity index (χ3v) is 5.67. The molecule has 1 atom stereocenters. The van der Waals surface area contributed by atoms with E-state index in [-0.39, 0.29) is 24.0 Å². The molecule has 8 nitrogen and oxygen atoms in total. The molecule has 0 saturated carbocycles. The molecule has 1 saturated heterocycles. The van der Waals surface area contributed by atoms with E-state index < -0.39 is 0 Å². The third kappa shape index (κ3) is 5.95. The minimum Gasteiger partial charge on any atom is -0.495 e. The minimum absolute atomic E-state index is 0. The SMILES string of the molecule is CN=C(NCc1ccc(-n2nc(C)cc2C)nc1)NC1CCN(c2ccccc2OC)C1.I. The van der Waals surface area contributed by atoms with Crippen molar-refractivity contribution in [3.63, 3.8) is 0 Å². The van der Waals surface area contributed by atoms with Gasteiger partial charge in [0.1, 0.15) is 5.75 Å². The predicted octanol–water partition coefficient (Wildman–Crippen LogP) is 3.45. The van der Waals surface area contributed by atoms with Crippen molar-refractivity contribution in [2.45, 2.75) is 32.9 Å². The van der Waals surface area contributed by atoms with Gasteiger partial charge in [0.25, 0.3) is 0 Å². The third-order valence-electron chi connectivity index (χ3n) is 5.67. The maximum atomic E-state index is 5.52. The summed E-state index contributed by atoms with van der Waals surface area (Å²) >= 11 is 0. The van der Waals surface area contributed by atoms with Crippen molar-refractivity contribution in [3.8, 4) is 11.6 Å². The van der Waals surface area contributed by atoms with Crippen molar-refractivity contribution in [1.29, 1.82) is 0 Å². The van der Waals surface area contributed by atoms with Crippen molar-refractivity contribution in [1.82, 2.24) is 25.4 Å². The molecule has 0 spiro atoms. The van der Waals surface area contributed by atoms with Crippen molar-refractivity contribution in [3.05, 3.63) is 65.6 Å². The molecule has 1 aliphatic heterocycles. The summed E-state index contributed by atoms with van der Waals surface area (Å²) in [6.07, 6.45) is 2.92. The van der Waals surface area contributed by atoms with E-state index >= 15 is 0 Å². The summed E-state index contributed by atoms with van der Waals surface area (Å²) in [5.41, 5.74) is 4.28. The van der Waals surface area contributed by atoms with Crippen molar-refractivity contribution >= 4 is 35.6 Å². The van der Waals surface area contributed by atoms with Gasteiger partial charge < -0.3 is 20.3 Å². The van der Waals surface area contributed by atoms with Gasteiger partial charge in [-0.3, -0.25) is 4.99 Å². The highest BCUT2D eigenvalue weighted by Gasteiger charge is 2.25. The van der Waals surface area contributed by atoms with Gasteiger partial charge in [-0.15, -0.1) is 24.0 Å². The molecule has 2 N–H and O–H groups in total. The van der Waals surface area contributed by atoms with Crippen LogP contribution in [0.3, 0.4) is 0 Å². The Morgan fingerprint density at radius 2 is 2.03 bits per heavy atom. The van der Waals surface area contributed by atoms with Gasteiger partial charge in [-0.05, 0) is 50.1 Å². The molecule has 0 bridgehead atoms. The molecule has 3 aromatic rings. The van der Waals surface area contributed by atoms with Gasteiger partial charge >= 0.3 is 0 Å². The standard InChI is InChI=1S/C24H31N7O.HI/c1-17-13-18(2)31(29-17)23-10-9-19(14-26-23)15-27-24(25-3)28-20-11-12-30(16-20)21-7-5-6-8-22(21)32-4;/h5-10,13-14,20H,11-12,15-16H2,1-4H3,(H2,25,27,28);1H. The number of hydrogen-bond acceptors (Lipinski definition) is 5. The minimum atomic E-state index is 0. The number of nitrogens with zero attached hydrogens (tertiary/aromatic N) is 5. The number of aryl methyl sites for hydroxylation is 2. The largest absolute Gasteiger partial charge is 0.495 e. The van der Waals surface area contributed by atoms with Gasteiger partial charge in [-0.1, -0.05) is 18.2 Å². The molecule has 0 radical (unpaired) electrons. The van der Waals surface area contributed by atoms with Crippen LogP contribution in [0.4, 0.5) is 5.69 Å². The number of aromatic nitrogens is 3. The maximum absolute atomic E-state index is 5.52. The first-order valence-corrected chi connectivity index (χ1v) is 10.9. The Hall–Kier alpha value is -2.82. The first-order valence-electron chi connectivity index (χ1n) is 10.9. The van der Waals surface area contributed by atoms with Gasteiger partial charge in [0.05, 0.1) is 18.5 Å². The summed E-state index contributed by atoms with van der Waals surface area (Å²) in [7, 11) is 3.52. The number of guanidine groups is 1. The Kier molecular flexibility index (Phi) is 8.54. The fourth-order valence-electron chi connectivity index (χ4n) is 4.07. The van der Waals surface area contributed by atoms with Crippen LogP contribution in [0.5, 0.6) is 5.75 Å². The van der Waals surface area contributed by atoms with Crippen molar-refractivity contribution < 1.29 is 4.74 Å². The molecule has 0 amide bonds. The fourth-order valence-corrected chi connectivity index (χ4v) is 4.07. The van der Waals surface area contributed by atoms with Crippen LogP contribution in [0.1, 0.15) is 23.4 Å². The number of pyridine rings is 1. The van der Waals surface area contributed by atoms with Crippen LogP contribution in [0, 0.1) is 13.8 Å². The molecule has 1 aliphatic rings. The summed E-state index contributed by atoms with van der Waals surface area (Å²) in [4.78, 5) is 11.3. The number of nitrogens with one attached hydrogen (secondary N) is 2.